The highest BCUT2D eigenvalue weighted by Crippen LogP contribution is 2.32. The van der Waals surface area contributed by atoms with Gasteiger partial charge in [-0.1, -0.05) is 48.7 Å². The summed E-state index contributed by atoms with van der Waals surface area (Å²) in [5.74, 6) is 0.552. The third-order valence-corrected chi connectivity index (χ3v) is 3.96. The molecule has 0 aliphatic heterocycles. The van der Waals surface area contributed by atoms with E-state index in [1.54, 1.807) is 22.9 Å². The van der Waals surface area contributed by atoms with E-state index in [1.165, 1.54) is 0 Å². The second-order valence-electron chi connectivity index (χ2n) is 4.45. The van der Waals surface area contributed by atoms with E-state index in [0.717, 1.165) is 11.3 Å². The van der Waals surface area contributed by atoms with E-state index in [-0.39, 0.29) is 5.92 Å². The lowest BCUT2D eigenvalue weighted by atomic mass is 10.1. The van der Waals surface area contributed by atoms with Gasteiger partial charge in [-0.2, -0.15) is 5.10 Å². The SMILES string of the molecule is CC(C)c1nn(-c2ccc(Cl)cc2Cl)c(Cl)c1CCl. The topological polar surface area (TPSA) is 17.8 Å². The minimum atomic E-state index is 0.235. The summed E-state index contributed by atoms with van der Waals surface area (Å²) in [5.41, 5.74) is 2.41. The Morgan fingerprint density at radius 2 is 1.89 bits per heavy atom. The molecule has 0 atom stereocenters. The number of nitrogens with zero attached hydrogens (tertiary/aromatic N) is 2. The molecule has 2 nitrogen and oxygen atoms in total. The predicted octanol–water partition coefficient (Wildman–Crippen LogP) is 5.69. The lowest BCUT2D eigenvalue weighted by molar-refractivity contribution is 0.765. The Morgan fingerprint density at radius 1 is 1.21 bits per heavy atom. The van der Waals surface area contributed by atoms with Gasteiger partial charge in [-0.25, -0.2) is 4.68 Å². The van der Waals surface area contributed by atoms with E-state index < -0.39 is 0 Å². The normalized spacial score (nSPS) is 11.3. The minimum absolute atomic E-state index is 0.235. The quantitative estimate of drug-likeness (QED) is 0.657. The van der Waals surface area contributed by atoms with Crippen molar-refractivity contribution in [1.29, 1.82) is 0 Å². The Labute approximate surface area is 132 Å². The van der Waals surface area contributed by atoms with Gasteiger partial charge in [0.15, 0.2) is 0 Å². The second kappa shape index (κ2) is 5.92. The number of benzene rings is 1. The van der Waals surface area contributed by atoms with Crippen LogP contribution in [0.25, 0.3) is 5.69 Å². The zero-order valence-corrected chi connectivity index (χ0v) is 13.4. The molecule has 0 N–H and O–H groups in total. The molecule has 0 saturated carbocycles. The zero-order valence-electron chi connectivity index (χ0n) is 10.4. The summed E-state index contributed by atoms with van der Waals surface area (Å²) in [6.07, 6.45) is 0. The van der Waals surface area contributed by atoms with Crippen molar-refractivity contribution in [2.75, 3.05) is 0 Å². The molecule has 0 unspecified atom stereocenters. The van der Waals surface area contributed by atoms with Gasteiger partial charge < -0.3 is 0 Å². The summed E-state index contributed by atoms with van der Waals surface area (Å²) in [7, 11) is 0. The number of rotatable bonds is 3. The molecule has 2 rings (SSSR count). The van der Waals surface area contributed by atoms with Gasteiger partial charge in [0.05, 0.1) is 22.3 Å². The van der Waals surface area contributed by atoms with Crippen LogP contribution in [0.2, 0.25) is 15.2 Å². The maximum absolute atomic E-state index is 6.34. The minimum Gasteiger partial charge on any atom is -0.220 e. The maximum atomic E-state index is 6.34. The van der Waals surface area contributed by atoms with Crippen molar-refractivity contribution in [3.8, 4) is 5.69 Å². The standard InChI is InChI=1S/C13H12Cl4N2/c1-7(2)12-9(6-14)13(17)19(18-12)11-4-3-8(15)5-10(11)16/h3-5,7H,6H2,1-2H3. The van der Waals surface area contributed by atoms with Crippen molar-refractivity contribution in [1.82, 2.24) is 9.78 Å². The Balaban J connectivity index is 2.63. The van der Waals surface area contributed by atoms with Crippen molar-refractivity contribution < 1.29 is 0 Å². The Morgan fingerprint density at radius 3 is 2.37 bits per heavy atom. The number of halogens is 4. The van der Waals surface area contributed by atoms with Crippen LogP contribution >= 0.6 is 46.4 Å². The molecule has 0 saturated heterocycles. The monoisotopic (exact) mass is 336 g/mol. The van der Waals surface area contributed by atoms with E-state index in [0.29, 0.717) is 26.8 Å². The van der Waals surface area contributed by atoms with Gasteiger partial charge in [0, 0.05) is 10.6 Å². The van der Waals surface area contributed by atoms with E-state index in [1.807, 2.05) is 13.8 Å². The first-order chi connectivity index (χ1) is 8.95. The van der Waals surface area contributed by atoms with Crippen LogP contribution in [0.15, 0.2) is 18.2 Å². The summed E-state index contributed by atoms with van der Waals surface area (Å²) in [6.45, 7) is 4.09. The summed E-state index contributed by atoms with van der Waals surface area (Å²) in [5, 5.41) is 6.06. The van der Waals surface area contributed by atoms with Crippen LogP contribution in [0, 0.1) is 0 Å². The Kier molecular flexibility index (Phi) is 4.67. The zero-order chi connectivity index (χ0) is 14.2. The molecule has 0 bridgehead atoms. The maximum Gasteiger partial charge on any atom is 0.137 e. The third kappa shape index (κ3) is 2.87. The molecule has 0 aliphatic carbocycles. The van der Waals surface area contributed by atoms with Gasteiger partial charge in [0.1, 0.15) is 5.15 Å². The molecule has 1 aromatic heterocycles. The predicted molar refractivity (Wildman–Crippen MR) is 82.2 cm³/mol. The third-order valence-electron chi connectivity index (χ3n) is 2.77. The molecule has 102 valence electrons. The average molecular weight is 338 g/mol. The van der Waals surface area contributed by atoms with Gasteiger partial charge in [-0.05, 0) is 24.1 Å². The van der Waals surface area contributed by atoms with E-state index >= 15 is 0 Å². The van der Waals surface area contributed by atoms with E-state index in [4.69, 9.17) is 46.4 Å². The van der Waals surface area contributed by atoms with Crippen LogP contribution in [0.1, 0.15) is 31.0 Å². The van der Waals surface area contributed by atoms with Crippen LogP contribution in [-0.2, 0) is 5.88 Å². The van der Waals surface area contributed by atoms with E-state index in [2.05, 4.69) is 5.10 Å². The van der Waals surface area contributed by atoms with Gasteiger partial charge in [0.2, 0.25) is 0 Å². The highest BCUT2D eigenvalue weighted by atomic mass is 35.5. The molecule has 0 aliphatic rings. The van der Waals surface area contributed by atoms with Gasteiger partial charge >= 0.3 is 0 Å². The molecule has 0 amide bonds. The summed E-state index contributed by atoms with van der Waals surface area (Å²) >= 11 is 24.4. The van der Waals surface area contributed by atoms with Gasteiger partial charge in [-0.15, -0.1) is 11.6 Å². The first-order valence-corrected chi connectivity index (χ1v) is 7.41. The average Bonchev–Trinajstić information content (AvgIpc) is 2.66. The summed E-state index contributed by atoms with van der Waals surface area (Å²) < 4.78 is 1.60. The van der Waals surface area contributed by atoms with Crippen LogP contribution in [0.5, 0.6) is 0 Å². The molecule has 1 aromatic carbocycles. The molecule has 19 heavy (non-hydrogen) atoms. The van der Waals surface area contributed by atoms with Crippen LogP contribution in [-0.4, -0.2) is 9.78 Å². The fourth-order valence-corrected chi connectivity index (χ4v) is 2.96. The molecular formula is C13H12Cl4N2. The molecule has 6 heteroatoms. The first kappa shape index (κ1) is 15.0. The largest absolute Gasteiger partial charge is 0.220 e. The van der Waals surface area contributed by atoms with Crippen molar-refractivity contribution in [2.45, 2.75) is 25.6 Å². The Hall–Kier alpha value is -0.410. The van der Waals surface area contributed by atoms with Crippen LogP contribution in [0.3, 0.4) is 0 Å². The highest BCUT2D eigenvalue weighted by Gasteiger charge is 2.20. The van der Waals surface area contributed by atoms with Crippen molar-refractivity contribution in [3.63, 3.8) is 0 Å². The van der Waals surface area contributed by atoms with Crippen LogP contribution in [0.4, 0.5) is 0 Å². The molecule has 1 heterocycles. The fourth-order valence-electron chi connectivity index (χ4n) is 1.85. The summed E-state index contributed by atoms with van der Waals surface area (Å²) in [6, 6.07) is 5.19. The molecular weight excluding hydrogens is 326 g/mol. The van der Waals surface area contributed by atoms with Crippen molar-refractivity contribution in [3.05, 3.63) is 44.7 Å². The van der Waals surface area contributed by atoms with Crippen molar-refractivity contribution >= 4 is 46.4 Å². The summed E-state index contributed by atoms with van der Waals surface area (Å²) in [4.78, 5) is 0. The van der Waals surface area contributed by atoms with Gasteiger partial charge in [-0.3, -0.25) is 0 Å². The molecule has 2 aromatic rings. The fraction of sp³-hybridized carbons (Fsp3) is 0.308. The lowest BCUT2D eigenvalue weighted by Gasteiger charge is -2.06. The highest BCUT2D eigenvalue weighted by molar-refractivity contribution is 6.36. The lowest BCUT2D eigenvalue weighted by Crippen LogP contribution is -1.99. The number of aromatic nitrogens is 2. The van der Waals surface area contributed by atoms with Crippen LogP contribution < -0.4 is 0 Å². The smallest absolute Gasteiger partial charge is 0.137 e. The number of hydrogen-bond donors (Lipinski definition) is 0. The van der Waals surface area contributed by atoms with Gasteiger partial charge in [0.25, 0.3) is 0 Å². The Bertz CT molecular complexity index is 605. The first-order valence-electron chi connectivity index (χ1n) is 5.74. The molecule has 0 spiro atoms. The molecule has 0 fully saturated rings. The molecule has 0 radical (unpaired) electrons. The second-order valence-corrected chi connectivity index (χ2v) is 5.92. The number of hydrogen-bond acceptors (Lipinski definition) is 1. The number of alkyl halides is 1. The van der Waals surface area contributed by atoms with E-state index in [9.17, 15) is 0 Å². The van der Waals surface area contributed by atoms with Crippen molar-refractivity contribution in [2.24, 2.45) is 0 Å².